The smallest absolute Gasteiger partial charge is 0.437 e. The minimum Gasteiger partial charge on any atom is -0.497 e. The van der Waals surface area contributed by atoms with Gasteiger partial charge < -0.3 is 9.47 Å². The van der Waals surface area contributed by atoms with Crippen LogP contribution in [0, 0.1) is 0 Å². The molecule has 1 rings (SSSR count). The molecule has 0 aromatic heterocycles. The largest absolute Gasteiger partial charge is 0.497 e. The van der Waals surface area contributed by atoms with Gasteiger partial charge in [0.25, 0.3) is 5.60 Å². The minimum atomic E-state index is -5.59. The maximum atomic E-state index is 12.6. The fourth-order valence-corrected chi connectivity index (χ4v) is 1.16. The summed E-state index contributed by atoms with van der Waals surface area (Å²) in [5.74, 6) is -0.272. The van der Waals surface area contributed by atoms with Crippen LogP contribution in [0.25, 0.3) is 0 Å². The van der Waals surface area contributed by atoms with Crippen LogP contribution in [0.4, 0.5) is 26.3 Å². The summed E-state index contributed by atoms with van der Waals surface area (Å²) in [5, 5.41) is 0. The highest BCUT2D eigenvalue weighted by molar-refractivity contribution is 5.31. The molecule has 0 radical (unpaired) electrons. The summed E-state index contributed by atoms with van der Waals surface area (Å²) in [7, 11) is 1.31. The van der Waals surface area contributed by atoms with E-state index in [1.165, 1.54) is 19.2 Å². The van der Waals surface area contributed by atoms with Gasteiger partial charge >= 0.3 is 12.4 Å². The first-order chi connectivity index (χ1) is 8.51. The number of rotatable bonds is 3. The monoisotopic (exact) mass is 288 g/mol. The van der Waals surface area contributed by atoms with E-state index in [2.05, 4.69) is 4.74 Å². The van der Waals surface area contributed by atoms with Crippen LogP contribution in [0.1, 0.15) is 6.92 Å². The molecule has 0 heterocycles. The number of halogens is 6. The second-order valence-corrected chi connectivity index (χ2v) is 3.81. The van der Waals surface area contributed by atoms with Crippen LogP contribution >= 0.6 is 0 Å². The lowest BCUT2D eigenvalue weighted by atomic mass is 10.1. The molecule has 0 bridgehead atoms. The van der Waals surface area contributed by atoms with E-state index >= 15 is 0 Å². The predicted octanol–water partition coefficient (Wildman–Crippen LogP) is 3.96. The Morgan fingerprint density at radius 2 is 1.16 bits per heavy atom. The van der Waals surface area contributed by atoms with Gasteiger partial charge in [-0.1, -0.05) is 0 Å². The van der Waals surface area contributed by atoms with Crippen molar-refractivity contribution < 1.29 is 35.8 Å². The first-order valence-corrected chi connectivity index (χ1v) is 4.98. The molecule has 8 heteroatoms. The standard InChI is InChI=1S/C11H10F6O2/c1-9(10(12,13)14,11(15,16)17)19-8-5-3-7(18-2)4-6-8/h3-6H,1-2H3. The van der Waals surface area contributed by atoms with Gasteiger partial charge in [-0.3, -0.25) is 0 Å². The zero-order valence-corrected chi connectivity index (χ0v) is 9.89. The lowest BCUT2D eigenvalue weighted by molar-refractivity contribution is -0.350. The Morgan fingerprint density at radius 3 is 1.47 bits per heavy atom. The fraction of sp³-hybridized carbons (Fsp3) is 0.455. The van der Waals surface area contributed by atoms with Gasteiger partial charge in [0.2, 0.25) is 0 Å². The maximum Gasteiger partial charge on any atom is 0.437 e. The normalized spacial score (nSPS) is 13.3. The van der Waals surface area contributed by atoms with Gasteiger partial charge in [-0.15, -0.1) is 0 Å². The predicted molar refractivity (Wildman–Crippen MR) is 54.1 cm³/mol. The number of benzene rings is 1. The molecule has 19 heavy (non-hydrogen) atoms. The lowest BCUT2D eigenvalue weighted by Gasteiger charge is -2.34. The van der Waals surface area contributed by atoms with Gasteiger partial charge in [0.1, 0.15) is 11.5 Å². The first kappa shape index (κ1) is 15.5. The highest BCUT2D eigenvalue weighted by atomic mass is 19.4. The summed E-state index contributed by atoms with van der Waals surface area (Å²) in [6.45, 7) is -0.0583. The number of hydrogen-bond donors (Lipinski definition) is 0. The molecule has 1 aromatic rings. The molecule has 108 valence electrons. The van der Waals surface area contributed by atoms with Gasteiger partial charge in [0.05, 0.1) is 7.11 Å². The number of ether oxygens (including phenoxy) is 2. The third-order valence-corrected chi connectivity index (χ3v) is 2.46. The summed E-state index contributed by atoms with van der Waals surface area (Å²) in [6, 6.07) is 4.33. The Labute approximate surface area is 104 Å². The molecular formula is C11H10F6O2. The summed E-state index contributed by atoms with van der Waals surface area (Å²) >= 11 is 0. The Bertz CT molecular complexity index is 406. The van der Waals surface area contributed by atoms with Crippen molar-refractivity contribution in [2.45, 2.75) is 24.9 Å². The number of hydrogen-bond acceptors (Lipinski definition) is 2. The van der Waals surface area contributed by atoms with Gasteiger partial charge in [0.15, 0.2) is 0 Å². The van der Waals surface area contributed by atoms with E-state index in [1.807, 2.05) is 0 Å². The summed E-state index contributed by atoms with van der Waals surface area (Å²) < 4.78 is 84.2. The molecule has 0 fully saturated rings. The van der Waals surface area contributed by atoms with Crippen molar-refractivity contribution in [1.82, 2.24) is 0 Å². The summed E-state index contributed by atoms with van der Waals surface area (Å²) in [5.41, 5.74) is -4.27. The molecule has 0 aliphatic carbocycles. The van der Waals surface area contributed by atoms with Gasteiger partial charge in [-0.25, -0.2) is 0 Å². The summed E-state index contributed by atoms with van der Waals surface area (Å²) in [4.78, 5) is 0. The van der Waals surface area contributed by atoms with Crippen LogP contribution in [-0.2, 0) is 0 Å². The van der Waals surface area contributed by atoms with Crippen molar-refractivity contribution in [1.29, 1.82) is 0 Å². The van der Waals surface area contributed by atoms with E-state index in [4.69, 9.17) is 4.74 Å². The van der Waals surface area contributed by atoms with Crippen LogP contribution < -0.4 is 9.47 Å². The van der Waals surface area contributed by atoms with E-state index in [-0.39, 0.29) is 12.7 Å². The minimum absolute atomic E-state index is 0.0583. The molecular weight excluding hydrogens is 278 g/mol. The van der Waals surface area contributed by atoms with E-state index < -0.39 is 23.7 Å². The highest BCUT2D eigenvalue weighted by Gasteiger charge is 2.70. The SMILES string of the molecule is COc1ccc(OC(C)(C(F)(F)F)C(F)(F)F)cc1. The van der Waals surface area contributed by atoms with Crippen molar-refractivity contribution in [3.63, 3.8) is 0 Å². The van der Waals surface area contributed by atoms with Crippen LogP contribution in [-0.4, -0.2) is 25.1 Å². The van der Waals surface area contributed by atoms with E-state index in [1.54, 1.807) is 0 Å². The zero-order chi connectivity index (χ0) is 14.9. The Hall–Kier alpha value is -1.60. The quantitative estimate of drug-likeness (QED) is 0.784. The molecule has 0 aliphatic heterocycles. The van der Waals surface area contributed by atoms with Gasteiger partial charge in [-0.05, 0) is 31.2 Å². The number of alkyl halides is 6. The second kappa shape index (κ2) is 4.82. The Morgan fingerprint density at radius 1 is 0.789 bits per heavy atom. The Kier molecular flexibility index (Phi) is 3.92. The fourth-order valence-electron chi connectivity index (χ4n) is 1.16. The summed E-state index contributed by atoms with van der Waals surface area (Å²) in [6.07, 6.45) is -11.2. The molecule has 1 aromatic carbocycles. The van der Waals surface area contributed by atoms with Gasteiger partial charge in [-0.2, -0.15) is 26.3 Å². The van der Waals surface area contributed by atoms with Gasteiger partial charge in [0, 0.05) is 0 Å². The topological polar surface area (TPSA) is 18.5 Å². The maximum absolute atomic E-state index is 12.6. The number of methoxy groups -OCH3 is 1. The first-order valence-electron chi connectivity index (χ1n) is 4.98. The lowest BCUT2D eigenvalue weighted by Crippen LogP contribution is -2.58. The third-order valence-electron chi connectivity index (χ3n) is 2.46. The highest BCUT2D eigenvalue weighted by Crippen LogP contribution is 2.45. The van der Waals surface area contributed by atoms with Crippen LogP contribution in [0.15, 0.2) is 24.3 Å². The molecule has 0 spiro atoms. The van der Waals surface area contributed by atoms with Crippen molar-refractivity contribution >= 4 is 0 Å². The molecule has 0 amide bonds. The third kappa shape index (κ3) is 3.05. The average molecular weight is 288 g/mol. The molecule has 0 N–H and O–H groups in total. The van der Waals surface area contributed by atoms with E-state index in [0.29, 0.717) is 0 Å². The average Bonchev–Trinajstić information content (AvgIpc) is 2.27. The molecule has 0 aliphatic rings. The molecule has 0 saturated heterocycles. The van der Waals surface area contributed by atoms with Crippen molar-refractivity contribution in [2.75, 3.05) is 7.11 Å². The zero-order valence-electron chi connectivity index (χ0n) is 9.89. The second-order valence-electron chi connectivity index (χ2n) is 3.81. The van der Waals surface area contributed by atoms with E-state index in [0.717, 1.165) is 12.1 Å². The molecule has 2 nitrogen and oxygen atoms in total. The van der Waals surface area contributed by atoms with Crippen LogP contribution in [0.3, 0.4) is 0 Å². The van der Waals surface area contributed by atoms with Crippen molar-refractivity contribution in [3.05, 3.63) is 24.3 Å². The Balaban J connectivity index is 3.08. The molecule has 0 saturated carbocycles. The molecule has 0 atom stereocenters. The van der Waals surface area contributed by atoms with Crippen LogP contribution in [0.5, 0.6) is 11.5 Å². The van der Waals surface area contributed by atoms with E-state index in [9.17, 15) is 26.3 Å². The molecule has 0 unspecified atom stereocenters. The van der Waals surface area contributed by atoms with Crippen molar-refractivity contribution in [3.8, 4) is 11.5 Å². The van der Waals surface area contributed by atoms with Crippen molar-refractivity contribution in [2.24, 2.45) is 0 Å². The van der Waals surface area contributed by atoms with Crippen LogP contribution in [0.2, 0.25) is 0 Å².